The van der Waals surface area contributed by atoms with Crippen LogP contribution < -0.4 is 5.32 Å². The molecular weight excluding hydrogens is 228 g/mol. The molecule has 0 unspecified atom stereocenters. The third kappa shape index (κ3) is 2.90. The number of nitrogens with zero attached hydrogens (tertiary/aromatic N) is 1. The van der Waals surface area contributed by atoms with Crippen molar-refractivity contribution in [1.82, 2.24) is 5.16 Å². The second-order valence-electron chi connectivity index (χ2n) is 4.33. The van der Waals surface area contributed by atoms with Crippen LogP contribution in [0.3, 0.4) is 0 Å². The summed E-state index contributed by atoms with van der Waals surface area (Å²) in [6, 6.07) is 8.07. The second kappa shape index (κ2) is 5.69. The zero-order chi connectivity index (χ0) is 13.0. The van der Waals surface area contributed by atoms with Crippen molar-refractivity contribution < 1.29 is 9.63 Å². The fourth-order valence-corrected chi connectivity index (χ4v) is 1.86. The molecule has 1 aromatic carbocycles. The Labute approximate surface area is 107 Å². The minimum Gasteiger partial charge on any atom is -0.396 e. The molecule has 0 aliphatic carbocycles. The number of benzene rings is 1. The highest BCUT2D eigenvalue weighted by atomic mass is 16.5. The first-order valence-electron chi connectivity index (χ1n) is 6.06. The summed E-state index contributed by atoms with van der Waals surface area (Å²) < 4.78 is 5.12. The van der Waals surface area contributed by atoms with E-state index >= 15 is 0 Å². The molecule has 0 aliphatic rings. The molecular formula is C14H18N2O2. The molecule has 18 heavy (non-hydrogen) atoms. The largest absolute Gasteiger partial charge is 0.396 e. The molecule has 0 radical (unpaired) electrons. The highest BCUT2D eigenvalue weighted by Gasteiger charge is 2.07. The summed E-state index contributed by atoms with van der Waals surface area (Å²) in [6.07, 6.45) is 0.699. The van der Waals surface area contributed by atoms with Crippen LogP contribution in [0.5, 0.6) is 0 Å². The SMILES string of the molecule is Cc1noc(C)c1CNc1ccc(CCO)cc1. The number of aromatic nitrogens is 1. The zero-order valence-electron chi connectivity index (χ0n) is 10.7. The van der Waals surface area contributed by atoms with Gasteiger partial charge in [0, 0.05) is 24.4 Å². The molecule has 0 amide bonds. The molecule has 0 atom stereocenters. The van der Waals surface area contributed by atoms with Crippen molar-refractivity contribution >= 4 is 5.69 Å². The smallest absolute Gasteiger partial charge is 0.138 e. The van der Waals surface area contributed by atoms with Gasteiger partial charge in [-0.3, -0.25) is 0 Å². The maximum Gasteiger partial charge on any atom is 0.138 e. The van der Waals surface area contributed by atoms with E-state index in [0.29, 0.717) is 13.0 Å². The lowest BCUT2D eigenvalue weighted by Gasteiger charge is -2.07. The van der Waals surface area contributed by atoms with Gasteiger partial charge in [-0.25, -0.2) is 0 Å². The van der Waals surface area contributed by atoms with Crippen LogP contribution >= 0.6 is 0 Å². The summed E-state index contributed by atoms with van der Waals surface area (Å²) in [4.78, 5) is 0. The normalized spacial score (nSPS) is 10.6. The van der Waals surface area contributed by atoms with Crippen LogP contribution in [0.25, 0.3) is 0 Å². The fraction of sp³-hybridized carbons (Fsp3) is 0.357. The van der Waals surface area contributed by atoms with Gasteiger partial charge in [-0.2, -0.15) is 0 Å². The summed E-state index contributed by atoms with van der Waals surface area (Å²) in [7, 11) is 0. The minimum atomic E-state index is 0.186. The van der Waals surface area contributed by atoms with Crippen molar-refractivity contribution in [3.05, 3.63) is 46.8 Å². The topological polar surface area (TPSA) is 58.3 Å². The lowest BCUT2D eigenvalue weighted by Crippen LogP contribution is -2.01. The van der Waals surface area contributed by atoms with Gasteiger partial charge in [0.25, 0.3) is 0 Å². The molecule has 96 valence electrons. The molecule has 1 aromatic heterocycles. The Hall–Kier alpha value is -1.81. The van der Waals surface area contributed by atoms with Gasteiger partial charge in [-0.15, -0.1) is 0 Å². The fourth-order valence-electron chi connectivity index (χ4n) is 1.86. The van der Waals surface area contributed by atoms with Gasteiger partial charge in [0.15, 0.2) is 0 Å². The predicted molar refractivity (Wildman–Crippen MR) is 70.5 cm³/mol. The predicted octanol–water partition coefficient (Wildman–Crippen LogP) is 2.44. The molecule has 0 bridgehead atoms. The van der Waals surface area contributed by atoms with Crippen LogP contribution in [0.15, 0.2) is 28.8 Å². The van der Waals surface area contributed by atoms with E-state index in [4.69, 9.17) is 9.63 Å². The Morgan fingerprint density at radius 3 is 2.50 bits per heavy atom. The van der Waals surface area contributed by atoms with Crippen molar-refractivity contribution in [2.24, 2.45) is 0 Å². The molecule has 2 N–H and O–H groups in total. The van der Waals surface area contributed by atoms with E-state index in [1.165, 1.54) is 0 Å². The van der Waals surface area contributed by atoms with E-state index in [1.54, 1.807) is 0 Å². The molecule has 0 saturated carbocycles. The van der Waals surface area contributed by atoms with Gasteiger partial charge in [-0.1, -0.05) is 17.3 Å². The lowest BCUT2D eigenvalue weighted by atomic mass is 10.1. The van der Waals surface area contributed by atoms with Crippen molar-refractivity contribution in [3.8, 4) is 0 Å². The van der Waals surface area contributed by atoms with Gasteiger partial charge >= 0.3 is 0 Å². The van der Waals surface area contributed by atoms with Crippen molar-refractivity contribution in [3.63, 3.8) is 0 Å². The zero-order valence-corrected chi connectivity index (χ0v) is 10.7. The maximum atomic E-state index is 8.85. The highest BCUT2D eigenvalue weighted by Crippen LogP contribution is 2.16. The Morgan fingerprint density at radius 2 is 1.94 bits per heavy atom. The number of aliphatic hydroxyl groups excluding tert-OH is 1. The van der Waals surface area contributed by atoms with Crippen LogP contribution in [0.4, 0.5) is 5.69 Å². The number of aliphatic hydroxyl groups is 1. The molecule has 0 saturated heterocycles. The third-order valence-electron chi connectivity index (χ3n) is 3.00. The number of hydrogen-bond donors (Lipinski definition) is 2. The Morgan fingerprint density at radius 1 is 1.22 bits per heavy atom. The van der Waals surface area contributed by atoms with E-state index in [-0.39, 0.29) is 6.61 Å². The van der Waals surface area contributed by atoms with Crippen LogP contribution in [-0.4, -0.2) is 16.9 Å². The molecule has 0 fully saturated rings. The maximum absolute atomic E-state index is 8.85. The summed E-state index contributed by atoms with van der Waals surface area (Å²) in [5.41, 5.74) is 4.23. The first kappa shape index (κ1) is 12.6. The van der Waals surface area contributed by atoms with Crippen molar-refractivity contribution in [2.75, 3.05) is 11.9 Å². The van der Waals surface area contributed by atoms with Crippen molar-refractivity contribution in [2.45, 2.75) is 26.8 Å². The standard InChI is InChI=1S/C14H18N2O2/c1-10-14(11(2)18-16-10)9-15-13-5-3-12(4-6-13)7-8-17/h3-6,15,17H,7-9H2,1-2H3. The van der Waals surface area contributed by atoms with E-state index in [1.807, 2.05) is 38.1 Å². The number of hydrogen-bond acceptors (Lipinski definition) is 4. The van der Waals surface area contributed by atoms with Gasteiger partial charge in [0.1, 0.15) is 5.76 Å². The number of nitrogens with one attached hydrogen (secondary N) is 1. The summed E-state index contributed by atoms with van der Waals surface area (Å²) >= 11 is 0. The molecule has 2 rings (SSSR count). The average molecular weight is 246 g/mol. The van der Waals surface area contributed by atoms with Crippen LogP contribution in [0, 0.1) is 13.8 Å². The van der Waals surface area contributed by atoms with Crippen LogP contribution in [-0.2, 0) is 13.0 Å². The van der Waals surface area contributed by atoms with Crippen LogP contribution in [0.2, 0.25) is 0 Å². The average Bonchev–Trinajstić information content (AvgIpc) is 2.69. The Bertz CT molecular complexity index is 484. The summed E-state index contributed by atoms with van der Waals surface area (Å²) in [5, 5.41) is 16.1. The highest BCUT2D eigenvalue weighted by molar-refractivity contribution is 5.45. The quantitative estimate of drug-likeness (QED) is 0.850. The number of rotatable bonds is 5. The molecule has 4 heteroatoms. The lowest BCUT2D eigenvalue weighted by molar-refractivity contribution is 0.299. The van der Waals surface area contributed by atoms with Gasteiger partial charge in [0.2, 0.25) is 0 Å². The minimum absolute atomic E-state index is 0.186. The molecule has 1 heterocycles. The number of aryl methyl sites for hydroxylation is 2. The number of anilines is 1. The van der Waals surface area contributed by atoms with Gasteiger partial charge in [-0.05, 0) is 38.0 Å². The molecule has 0 aliphatic heterocycles. The Balaban J connectivity index is 1.98. The van der Waals surface area contributed by atoms with E-state index in [9.17, 15) is 0 Å². The van der Waals surface area contributed by atoms with Crippen molar-refractivity contribution in [1.29, 1.82) is 0 Å². The van der Waals surface area contributed by atoms with Gasteiger partial charge < -0.3 is 14.9 Å². The Kier molecular flexibility index (Phi) is 3.99. The van der Waals surface area contributed by atoms with E-state index in [2.05, 4.69) is 10.5 Å². The third-order valence-corrected chi connectivity index (χ3v) is 3.00. The summed E-state index contributed by atoms with van der Waals surface area (Å²) in [5.74, 6) is 0.858. The van der Waals surface area contributed by atoms with Gasteiger partial charge in [0.05, 0.1) is 5.69 Å². The second-order valence-corrected chi connectivity index (χ2v) is 4.33. The monoisotopic (exact) mass is 246 g/mol. The molecule has 4 nitrogen and oxygen atoms in total. The molecule has 0 spiro atoms. The van der Waals surface area contributed by atoms with E-state index in [0.717, 1.165) is 28.3 Å². The van der Waals surface area contributed by atoms with E-state index < -0.39 is 0 Å². The van der Waals surface area contributed by atoms with Crippen LogP contribution in [0.1, 0.15) is 22.6 Å². The first-order valence-corrected chi connectivity index (χ1v) is 6.06. The molecule has 2 aromatic rings. The first-order chi connectivity index (χ1) is 8.70. The summed E-state index contributed by atoms with van der Waals surface area (Å²) in [6.45, 7) is 4.76.